The van der Waals surface area contributed by atoms with Crippen molar-refractivity contribution in [3.63, 3.8) is 0 Å². The summed E-state index contributed by atoms with van der Waals surface area (Å²) in [5, 5.41) is 11.5. The topological polar surface area (TPSA) is 120 Å². The van der Waals surface area contributed by atoms with Crippen LogP contribution in [0.15, 0.2) is 85.1 Å². The minimum Gasteiger partial charge on any atom is -0.458 e. The summed E-state index contributed by atoms with van der Waals surface area (Å²) in [6, 6.07) is 0. The molecule has 0 aromatic heterocycles. The molecule has 11 heteroatoms. The second kappa shape index (κ2) is 22.7. The van der Waals surface area contributed by atoms with Crippen LogP contribution in [0.4, 0.5) is 0 Å². The monoisotopic (exact) mass is 881 g/mol. The van der Waals surface area contributed by atoms with Gasteiger partial charge in [0.2, 0.25) is 0 Å². The number of hydrogen-bond donors (Lipinski definition) is 1. The third kappa shape index (κ3) is 17.2. The Bertz CT molecular complexity index is 1670. The molecule has 4 saturated heterocycles. The van der Waals surface area contributed by atoms with Gasteiger partial charge in [-0.1, -0.05) is 107 Å². The molecule has 4 fully saturated rings. The molecule has 0 radical (unpaired) electrons. The molecule has 5 heterocycles. The van der Waals surface area contributed by atoms with Crippen LogP contribution in [0.2, 0.25) is 0 Å². The summed E-state index contributed by atoms with van der Waals surface area (Å²) < 4.78 is 57.7. The average Bonchev–Trinajstić information content (AvgIpc) is 3.13. The van der Waals surface area contributed by atoms with Crippen molar-refractivity contribution in [2.75, 3.05) is 0 Å². The normalized spacial score (nSPS) is 41.8. The standard InChI is InChI=1S/C52H80O11/c1-35(2)48-36(3)26-27-39-30-40(57-49(5,6)56-39)28-38(53)29-41-31-42(59-50(7,8)58-41)32-43-33-44(61-51(9,10)60-43)34-46-37(4)45(62-52(11,12)63-46)24-22-20-18-16-14-13-15-17-19-21-23-25-47(54)55-48/h13-23,25-27,35-46,48,53H,24,28-34H2,1-12H3/b14-13+,17-15+,18-16+,21-19+,22-20+,25-23+,27-26+/t36-,37-,38-,39-,40+,41+,42-,43+,44+,45-,46+,48-/m0/s1. The van der Waals surface area contributed by atoms with Crippen LogP contribution < -0.4 is 0 Å². The van der Waals surface area contributed by atoms with E-state index in [2.05, 4.69) is 45.9 Å². The fourth-order valence-electron chi connectivity index (χ4n) is 9.79. The Balaban J connectivity index is 1.33. The number of ether oxygens (including phenoxy) is 9. The van der Waals surface area contributed by atoms with Gasteiger partial charge in [0.1, 0.15) is 6.10 Å². The number of rotatable bonds is 1. The summed E-state index contributed by atoms with van der Waals surface area (Å²) in [4.78, 5) is 12.8. The van der Waals surface area contributed by atoms with Crippen molar-refractivity contribution in [1.82, 2.24) is 0 Å². The van der Waals surface area contributed by atoms with E-state index in [0.717, 1.165) is 12.8 Å². The number of esters is 1. The first-order chi connectivity index (χ1) is 29.6. The van der Waals surface area contributed by atoms with E-state index in [1.54, 1.807) is 12.2 Å². The van der Waals surface area contributed by atoms with Gasteiger partial charge in [0.15, 0.2) is 23.1 Å². The van der Waals surface area contributed by atoms with Crippen molar-refractivity contribution in [1.29, 1.82) is 0 Å². The van der Waals surface area contributed by atoms with Gasteiger partial charge in [-0.25, -0.2) is 4.79 Å². The highest BCUT2D eigenvalue weighted by atomic mass is 16.7. The van der Waals surface area contributed by atoms with E-state index < -0.39 is 29.3 Å². The maximum absolute atomic E-state index is 12.8. The Morgan fingerprint density at radius 2 is 0.952 bits per heavy atom. The molecule has 0 aromatic rings. The maximum Gasteiger partial charge on any atom is 0.331 e. The molecule has 0 aromatic carbocycles. The van der Waals surface area contributed by atoms with Gasteiger partial charge in [0, 0.05) is 50.0 Å². The summed E-state index contributed by atoms with van der Waals surface area (Å²) in [5.74, 6) is -3.39. The molecule has 5 aliphatic rings. The van der Waals surface area contributed by atoms with Crippen molar-refractivity contribution in [2.45, 2.75) is 219 Å². The smallest absolute Gasteiger partial charge is 0.331 e. The van der Waals surface area contributed by atoms with Crippen LogP contribution in [0, 0.1) is 17.8 Å². The highest BCUT2D eigenvalue weighted by Crippen LogP contribution is 2.40. The van der Waals surface area contributed by atoms with E-state index in [1.807, 2.05) is 104 Å². The number of allylic oxidation sites excluding steroid dienone is 10. The number of hydrogen-bond acceptors (Lipinski definition) is 11. The summed E-state index contributed by atoms with van der Waals surface area (Å²) in [5.41, 5.74) is 0. The number of cyclic esters (lactones) is 1. The Morgan fingerprint density at radius 1 is 0.524 bits per heavy atom. The van der Waals surface area contributed by atoms with Gasteiger partial charge >= 0.3 is 5.97 Å². The minimum absolute atomic E-state index is 0.0156. The van der Waals surface area contributed by atoms with Gasteiger partial charge in [-0.05, 0) is 80.6 Å². The van der Waals surface area contributed by atoms with Crippen LogP contribution in [0.1, 0.15) is 134 Å². The lowest BCUT2D eigenvalue weighted by Gasteiger charge is -2.48. The lowest BCUT2D eigenvalue weighted by Crippen LogP contribution is -2.53. The Morgan fingerprint density at radius 3 is 1.49 bits per heavy atom. The molecule has 0 unspecified atom stereocenters. The third-order valence-electron chi connectivity index (χ3n) is 12.2. The van der Waals surface area contributed by atoms with Crippen LogP contribution in [0.3, 0.4) is 0 Å². The first-order valence-corrected chi connectivity index (χ1v) is 23.6. The van der Waals surface area contributed by atoms with E-state index in [1.165, 1.54) is 6.08 Å². The highest BCUT2D eigenvalue weighted by Gasteiger charge is 2.46. The van der Waals surface area contributed by atoms with Crippen molar-refractivity contribution in [3.05, 3.63) is 85.1 Å². The van der Waals surface area contributed by atoms with Crippen molar-refractivity contribution in [2.24, 2.45) is 17.8 Å². The maximum atomic E-state index is 12.8. The predicted molar refractivity (Wildman–Crippen MR) is 245 cm³/mol. The number of carbonyl (C=O) groups excluding carboxylic acids is 1. The van der Waals surface area contributed by atoms with E-state index in [-0.39, 0.29) is 78.7 Å². The average molecular weight is 881 g/mol. The van der Waals surface area contributed by atoms with Gasteiger partial charge in [-0.2, -0.15) is 0 Å². The molecule has 0 spiro atoms. The summed E-state index contributed by atoms with van der Waals surface area (Å²) in [7, 11) is 0. The van der Waals surface area contributed by atoms with Crippen molar-refractivity contribution < 1.29 is 52.5 Å². The van der Waals surface area contributed by atoms with Crippen LogP contribution in [0.25, 0.3) is 0 Å². The van der Waals surface area contributed by atoms with Crippen molar-refractivity contribution >= 4 is 5.97 Å². The fourth-order valence-corrected chi connectivity index (χ4v) is 9.79. The molecule has 5 aliphatic heterocycles. The van der Waals surface area contributed by atoms with Crippen LogP contribution >= 0.6 is 0 Å². The SMILES string of the molecule is CC(C)[C@@H]1OC(=O)/C=C/C=C/C=C/C=C/C=C/C=C/C[C@@H]2OC(C)(C)O[C@H](C[C@H]3C[C@@H](C[C@@H]4C[C@@H](C[C@@H](O)C[C@@H]5C[C@H](/C=C/[C@@H]1C)OC(C)(C)O5)OC(C)(C)O4)OC(C)(C)O3)[C@H]2C. The molecule has 1 N–H and O–H groups in total. The molecule has 63 heavy (non-hydrogen) atoms. The largest absolute Gasteiger partial charge is 0.458 e. The molecule has 12 atom stereocenters. The second-order valence-electron chi connectivity index (χ2n) is 20.4. The van der Waals surface area contributed by atoms with Crippen LogP contribution in [0.5, 0.6) is 0 Å². The number of carbonyl (C=O) groups is 1. The summed E-state index contributed by atoms with van der Waals surface area (Å²) >= 11 is 0. The molecule has 354 valence electrons. The van der Waals surface area contributed by atoms with Gasteiger partial charge in [-0.3, -0.25) is 0 Å². The molecule has 8 bridgehead atoms. The zero-order valence-electron chi connectivity index (χ0n) is 40.3. The Labute approximate surface area is 378 Å². The quantitative estimate of drug-likeness (QED) is 0.200. The number of fused-ring (bicyclic) bond motifs is 8. The van der Waals surface area contributed by atoms with E-state index in [0.29, 0.717) is 38.5 Å². The van der Waals surface area contributed by atoms with Crippen LogP contribution in [-0.4, -0.2) is 95.3 Å². The van der Waals surface area contributed by atoms with Gasteiger partial charge in [0.25, 0.3) is 0 Å². The molecule has 0 amide bonds. The molecule has 0 aliphatic carbocycles. The third-order valence-corrected chi connectivity index (χ3v) is 12.2. The van der Waals surface area contributed by atoms with Crippen molar-refractivity contribution in [3.8, 4) is 0 Å². The summed E-state index contributed by atoms with van der Waals surface area (Å²) in [6.45, 7) is 24.0. The predicted octanol–water partition coefficient (Wildman–Crippen LogP) is 10.3. The number of aliphatic hydroxyl groups is 1. The zero-order valence-corrected chi connectivity index (χ0v) is 40.3. The Kier molecular flexibility index (Phi) is 18.4. The molecular weight excluding hydrogens is 801 g/mol. The molecule has 0 saturated carbocycles. The zero-order chi connectivity index (χ0) is 46.0. The first kappa shape index (κ1) is 51.3. The summed E-state index contributed by atoms with van der Waals surface area (Å²) in [6.07, 6.45) is 29.8. The van der Waals surface area contributed by atoms with Crippen LogP contribution in [-0.2, 0) is 47.4 Å². The molecule has 11 nitrogen and oxygen atoms in total. The first-order valence-electron chi connectivity index (χ1n) is 23.6. The van der Waals surface area contributed by atoms with Gasteiger partial charge in [-0.15, -0.1) is 0 Å². The minimum atomic E-state index is -0.846. The molecule has 5 rings (SSSR count). The lowest BCUT2D eigenvalue weighted by molar-refractivity contribution is -0.342. The Hall–Kier alpha value is -2.71. The van der Waals surface area contributed by atoms with E-state index in [9.17, 15) is 9.90 Å². The highest BCUT2D eigenvalue weighted by molar-refractivity contribution is 5.82. The van der Waals surface area contributed by atoms with E-state index in [4.69, 9.17) is 42.6 Å². The molecular formula is C52H80O11. The van der Waals surface area contributed by atoms with Gasteiger partial charge < -0.3 is 47.7 Å². The second-order valence-corrected chi connectivity index (χ2v) is 20.4. The number of aliphatic hydroxyl groups excluding tert-OH is 1. The van der Waals surface area contributed by atoms with E-state index >= 15 is 0 Å². The fraction of sp³-hybridized carbons (Fsp3) is 0.712. The van der Waals surface area contributed by atoms with Gasteiger partial charge in [0.05, 0.1) is 54.9 Å². The lowest BCUT2D eigenvalue weighted by atomic mass is 9.87.